The van der Waals surface area contributed by atoms with Crippen LogP contribution in [0, 0.1) is 0 Å². The second kappa shape index (κ2) is 10.9. The van der Waals surface area contributed by atoms with E-state index in [1.807, 2.05) is 18.2 Å². The Morgan fingerprint density at radius 1 is 1.27 bits per heavy atom. The minimum Gasteiger partial charge on any atom is -0.496 e. The molecule has 1 unspecified atom stereocenters. The molecule has 0 aliphatic carbocycles. The highest BCUT2D eigenvalue weighted by molar-refractivity contribution is 14.0. The van der Waals surface area contributed by atoms with E-state index in [1.54, 1.807) is 7.11 Å². The summed E-state index contributed by atoms with van der Waals surface area (Å²) in [6, 6.07) is 8.70. The van der Waals surface area contributed by atoms with Crippen LogP contribution in [-0.4, -0.2) is 74.8 Å². The van der Waals surface area contributed by atoms with Gasteiger partial charge in [-0.3, -0.25) is 4.90 Å². The summed E-state index contributed by atoms with van der Waals surface area (Å²) in [6.45, 7) is 9.54. The van der Waals surface area contributed by atoms with Crippen LogP contribution in [0.25, 0.3) is 0 Å². The zero-order chi connectivity index (χ0) is 17.5. The number of morpholine rings is 1. The Labute approximate surface area is 173 Å². The van der Waals surface area contributed by atoms with Gasteiger partial charge in [-0.25, -0.2) is 4.99 Å². The Kier molecular flexibility index (Phi) is 8.94. The first-order chi connectivity index (χ1) is 12.3. The van der Waals surface area contributed by atoms with Crippen molar-refractivity contribution >= 4 is 29.9 Å². The average Bonchev–Trinajstić information content (AvgIpc) is 3.16. The van der Waals surface area contributed by atoms with E-state index in [9.17, 15) is 0 Å². The number of hydrogen-bond donors (Lipinski definition) is 1. The zero-order valence-electron chi connectivity index (χ0n) is 15.8. The molecule has 2 saturated heterocycles. The number of aliphatic imine (C=N–C) groups is 1. The van der Waals surface area contributed by atoms with Crippen LogP contribution in [0.4, 0.5) is 0 Å². The number of benzene rings is 1. The molecular formula is C19H31IN4O2. The molecule has 2 fully saturated rings. The van der Waals surface area contributed by atoms with E-state index in [-0.39, 0.29) is 24.0 Å². The lowest BCUT2D eigenvalue weighted by Gasteiger charge is -2.32. The monoisotopic (exact) mass is 474 g/mol. The third-order valence-corrected chi connectivity index (χ3v) is 4.95. The molecule has 7 heteroatoms. The molecule has 146 valence electrons. The molecule has 0 spiro atoms. The highest BCUT2D eigenvalue weighted by Crippen LogP contribution is 2.20. The van der Waals surface area contributed by atoms with Crippen molar-refractivity contribution in [3.63, 3.8) is 0 Å². The van der Waals surface area contributed by atoms with E-state index in [0.717, 1.165) is 63.2 Å². The lowest BCUT2D eigenvalue weighted by Crippen LogP contribution is -2.46. The normalized spacial score (nSPS) is 21.4. The number of para-hydroxylation sites is 1. The van der Waals surface area contributed by atoms with E-state index in [1.165, 1.54) is 6.42 Å². The summed E-state index contributed by atoms with van der Waals surface area (Å²) in [4.78, 5) is 9.81. The van der Waals surface area contributed by atoms with Gasteiger partial charge in [0.1, 0.15) is 5.75 Å². The first-order valence-electron chi connectivity index (χ1n) is 9.28. The number of rotatable bonds is 5. The smallest absolute Gasteiger partial charge is 0.194 e. The van der Waals surface area contributed by atoms with Gasteiger partial charge in [-0.15, -0.1) is 24.0 Å². The maximum atomic E-state index is 5.48. The van der Waals surface area contributed by atoms with Crippen molar-refractivity contribution in [2.75, 3.05) is 53.0 Å². The summed E-state index contributed by atoms with van der Waals surface area (Å²) in [5.74, 6) is 1.90. The van der Waals surface area contributed by atoms with Gasteiger partial charge in [0.2, 0.25) is 0 Å². The van der Waals surface area contributed by atoms with Gasteiger partial charge >= 0.3 is 0 Å². The van der Waals surface area contributed by atoms with Gasteiger partial charge in [-0.1, -0.05) is 18.2 Å². The van der Waals surface area contributed by atoms with Crippen LogP contribution in [0.2, 0.25) is 0 Å². The molecule has 2 aliphatic rings. The van der Waals surface area contributed by atoms with Crippen molar-refractivity contribution in [3.05, 3.63) is 29.8 Å². The summed E-state index contributed by atoms with van der Waals surface area (Å²) < 4.78 is 10.9. The molecule has 1 aromatic carbocycles. The van der Waals surface area contributed by atoms with Crippen molar-refractivity contribution < 1.29 is 9.47 Å². The third-order valence-electron chi connectivity index (χ3n) is 4.95. The number of ether oxygens (including phenoxy) is 2. The van der Waals surface area contributed by atoms with Crippen LogP contribution in [0.5, 0.6) is 5.75 Å². The Morgan fingerprint density at radius 2 is 2.04 bits per heavy atom. The van der Waals surface area contributed by atoms with Crippen LogP contribution < -0.4 is 10.1 Å². The van der Waals surface area contributed by atoms with E-state index < -0.39 is 0 Å². The number of methoxy groups -OCH3 is 1. The number of nitrogens with one attached hydrogen (secondary N) is 1. The van der Waals surface area contributed by atoms with Crippen molar-refractivity contribution in [2.45, 2.75) is 25.9 Å². The first-order valence-corrected chi connectivity index (χ1v) is 9.28. The van der Waals surface area contributed by atoms with Crippen LogP contribution in [0.15, 0.2) is 29.3 Å². The van der Waals surface area contributed by atoms with Gasteiger partial charge in [0.25, 0.3) is 0 Å². The van der Waals surface area contributed by atoms with Crippen molar-refractivity contribution in [2.24, 2.45) is 4.99 Å². The fraction of sp³-hybridized carbons (Fsp3) is 0.632. The fourth-order valence-corrected chi connectivity index (χ4v) is 3.59. The third kappa shape index (κ3) is 5.47. The molecule has 0 amide bonds. The molecule has 26 heavy (non-hydrogen) atoms. The molecule has 0 saturated carbocycles. The second-order valence-corrected chi connectivity index (χ2v) is 6.52. The maximum absolute atomic E-state index is 5.48. The Balaban J connectivity index is 0.00000243. The number of hydrogen-bond acceptors (Lipinski definition) is 4. The van der Waals surface area contributed by atoms with Crippen LogP contribution in [0.3, 0.4) is 0 Å². The number of nitrogens with zero attached hydrogens (tertiary/aromatic N) is 3. The molecule has 2 heterocycles. The molecule has 1 atom stereocenters. The highest BCUT2D eigenvalue weighted by Gasteiger charge is 2.30. The zero-order valence-corrected chi connectivity index (χ0v) is 18.1. The SMILES string of the molecule is CCNC(=NCc1ccccc1OC)N1CCC(N2CCOCC2)C1.I. The van der Waals surface area contributed by atoms with Gasteiger partial charge in [0, 0.05) is 44.3 Å². The van der Waals surface area contributed by atoms with E-state index in [0.29, 0.717) is 12.6 Å². The van der Waals surface area contributed by atoms with Gasteiger partial charge in [0.15, 0.2) is 5.96 Å². The molecule has 3 rings (SSSR count). The topological polar surface area (TPSA) is 49.3 Å². The molecule has 0 bridgehead atoms. The van der Waals surface area contributed by atoms with Gasteiger partial charge in [0.05, 0.1) is 26.9 Å². The molecule has 1 aromatic rings. The molecule has 1 N–H and O–H groups in total. The molecular weight excluding hydrogens is 443 g/mol. The quantitative estimate of drug-likeness (QED) is 0.403. The summed E-state index contributed by atoms with van der Waals surface area (Å²) in [7, 11) is 1.71. The largest absolute Gasteiger partial charge is 0.496 e. The maximum Gasteiger partial charge on any atom is 0.194 e. The van der Waals surface area contributed by atoms with Gasteiger partial charge < -0.3 is 19.7 Å². The van der Waals surface area contributed by atoms with Crippen LogP contribution >= 0.6 is 24.0 Å². The lowest BCUT2D eigenvalue weighted by molar-refractivity contribution is 0.0195. The summed E-state index contributed by atoms with van der Waals surface area (Å²) in [5.41, 5.74) is 1.12. The fourth-order valence-electron chi connectivity index (χ4n) is 3.59. The van der Waals surface area contributed by atoms with Crippen molar-refractivity contribution in [1.82, 2.24) is 15.1 Å². The summed E-state index contributed by atoms with van der Waals surface area (Å²) >= 11 is 0. The number of likely N-dealkylation sites (tertiary alicyclic amines) is 1. The number of halogens is 1. The predicted octanol–water partition coefficient (Wildman–Crippen LogP) is 2.19. The molecule has 0 radical (unpaired) electrons. The Hall–Kier alpha value is -1.06. The molecule has 2 aliphatic heterocycles. The molecule has 0 aromatic heterocycles. The van der Waals surface area contributed by atoms with Crippen LogP contribution in [-0.2, 0) is 11.3 Å². The molecule has 6 nitrogen and oxygen atoms in total. The first kappa shape index (κ1) is 21.2. The Bertz CT molecular complexity index is 578. The predicted molar refractivity (Wildman–Crippen MR) is 116 cm³/mol. The van der Waals surface area contributed by atoms with Crippen LogP contribution in [0.1, 0.15) is 18.9 Å². The standard InChI is InChI=1S/C19H30N4O2.HI/c1-3-20-19(21-14-16-6-4-5-7-18(16)24-2)23-9-8-17(15-23)22-10-12-25-13-11-22;/h4-7,17H,3,8-15H2,1-2H3,(H,20,21);1H. The van der Waals surface area contributed by atoms with E-state index in [2.05, 4.69) is 28.1 Å². The van der Waals surface area contributed by atoms with Gasteiger partial charge in [-0.05, 0) is 19.4 Å². The van der Waals surface area contributed by atoms with Crippen molar-refractivity contribution in [1.29, 1.82) is 0 Å². The number of guanidine groups is 1. The minimum atomic E-state index is 0. The summed E-state index contributed by atoms with van der Waals surface area (Å²) in [6.07, 6.45) is 1.19. The van der Waals surface area contributed by atoms with E-state index in [4.69, 9.17) is 14.5 Å². The minimum absolute atomic E-state index is 0. The van der Waals surface area contributed by atoms with E-state index >= 15 is 0 Å². The van der Waals surface area contributed by atoms with Crippen molar-refractivity contribution in [3.8, 4) is 5.75 Å². The second-order valence-electron chi connectivity index (χ2n) is 6.52. The summed E-state index contributed by atoms with van der Waals surface area (Å²) in [5, 5.41) is 3.45. The Morgan fingerprint density at radius 3 is 2.77 bits per heavy atom. The van der Waals surface area contributed by atoms with Gasteiger partial charge in [-0.2, -0.15) is 0 Å². The highest BCUT2D eigenvalue weighted by atomic mass is 127. The average molecular weight is 474 g/mol. The lowest BCUT2D eigenvalue weighted by atomic mass is 10.2.